The van der Waals surface area contributed by atoms with Crippen LogP contribution in [0.2, 0.25) is 10.0 Å². The van der Waals surface area contributed by atoms with Gasteiger partial charge in [0, 0.05) is 10.0 Å². The Labute approximate surface area is 143 Å². The Morgan fingerprint density at radius 1 is 1.09 bits per heavy atom. The van der Waals surface area contributed by atoms with Crippen molar-refractivity contribution >= 4 is 29.3 Å². The van der Waals surface area contributed by atoms with Crippen LogP contribution in [-0.4, -0.2) is 0 Å². The van der Waals surface area contributed by atoms with E-state index in [1.807, 2.05) is 13.0 Å². The molecule has 23 heavy (non-hydrogen) atoms. The number of halogens is 5. The normalized spacial score (nSPS) is 12.6. The molecule has 0 unspecified atom stereocenters. The highest BCUT2D eigenvalue weighted by atomic mass is 35.5. The number of aryl methyl sites for hydroxylation is 1. The molecule has 2 aromatic rings. The number of alkyl halides is 3. The zero-order chi connectivity index (χ0) is 17.2. The fourth-order valence-electron chi connectivity index (χ4n) is 2.31. The minimum absolute atomic E-state index is 0.541. The van der Waals surface area contributed by atoms with Crippen molar-refractivity contribution in [1.29, 1.82) is 0 Å². The SMILES string of the molecule is C/C(=C\c1ccc(C(F)(F)F)cc1C)Cc1c(Cl)cccc1Cl. The molecular weight excluding hydrogens is 344 g/mol. The maximum absolute atomic E-state index is 12.7. The van der Waals surface area contributed by atoms with Crippen LogP contribution >= 0.6 is 23.2 Å². The van der Waals surface area contributed by atoms with Gasteiger partial charge >= 0.3 is 6.18 Å². The van der Waals surface area contributed by atoms with Crippen LogP contribution in [0.1, 0.15) is 29.2 Å². The van der Waals surface area contributed by atoms with Gasteiger partial charge in [-0.1, -0.05) is 47.0 Å². The Morgan fingerprint density at radius 2 is 1.70 bits per heavy atom. The fourth-order valence-corrected chi connectivity index (χ4v) is 2.84. The lowest BCUT2D eigenvalue weighted by atomic mass is 10.00. The topological polar surface area (TPSA) is 0 Å². The second-order valence-electron chi connectivity index (χ2n) is 5.44. The molecule has 0 amide bonds. The molecule has 0 N–H and O–H groups in total. The Kier molecular flexibility index (Phi) is 5.43. The zero-order valence-corrected chi connectivity index (χ0v) is 14.2. The Hall–Kier alpha value is -1.45. The molecule has 0 fully saturated rings. The van der Waals surface area contributed by atoms with Crippen molar-refractivity contribution in [3.05, 3.63) is 74.3 Å². The van der Waals surface area contributed by atoms with Gasteiger partial charge < -0.3 is 0 Å². The van der Waals surface area contributed by atoms with Gasteiger partial charge in [0.25, 0.3) is 0 Å². The molecule has 0 aliphatic carbocycles. The molecule has 0 nitrogen and oxygen atoms in total. The highest BCUT2D eigenvalue weighted by Gasteiger charge is 2.30. The van der Waals surface area contributed by atoms with Gasteiger partial charge in [-0.05, 0) is 61.2 Å². The first-order valence-corrected chi connectivity index (χ1v) is 7.72. The Bertz CT molecular complexity index is 726. The van der Waals surface area contributed by atoms with Crippen LogP contribution in [0.4, 0.5) is 13.2 Å². The van der Waals surface area contributed by atoms with E-state index in [2.05, 4.69) is 0 Å². The third-order valence-electron chi connectivity index (χ3n) is 3.52. The lowest BCUT2D eigenvalue weighted by Crippen LogP contribution is -2.05. The number of hydrogen-bond donors (Lipinski definition) is 0. The molecule has 0 saturated carbocycles. The third-order valence-corrected chi connectivity index (χ3v) is 4.22. The van der Waals surface area contributed by atoms with E-state index < -0.39 is 11.7 Å². The van der Waals surface area contributed by atoms with Crippen molar-refractivity contribution in [2.45, 2.75) is 26.4 Å². The Morgan fingerprint density at radius 3 is 2.22 bits per heavy atom. The highest BCUT2D eigenvalue weighted by molar-refractivity contribution is 6.36. The van der Waals surface area contributed by atoms with Crippen molar-refractivity contribution in [3.63, 3.8) is 0 Å². The minimum Gasteiger partial charge on any atom is -0.166 e. The standard InChI is InChI=1S/C18H15Cl2F3/c1-11(9-15-16(19)4-3-5-17(15)20)8-13-6-7-14(10-12(13)2)18(21,22)23/h3-8,10H,9H2,1-2H3/b11-8+. The number of rotatable bonds is 3. The van der Waals surface area contributed by atoms with Crippen LogP contribution < -0.4 is 0 Å². The molecule has 0 saturated heterocycles. The predicted molar refractivity (Wildman–Crippen MR) is 90.0 cm³/mol. The van der Waals surface area contributed by atoms with E-state index in [-0.39, 0.29) is 0 Å². The van der Waals surface area contributed by atoms with E-state index in [0.29, 0.717) is 22.0 Å². The van der Waals surface area contributed by atoms with Gasteiger partial charge in [0.2, 0.25) is 0 Å². The molecule has 0 aliphatic heterocycles. The van der Waals surface area contributed by atoms with Gasteiger partial charge in [0.05, 0.1) is 5.56 Å². The first kappa shape index (κ1) is 17.9. The lowest BCUT2D eigenvalue weighted by molar-refractivity contribution is -0.137. The summed E-state index contributed by atoms with van der Waals surface area (Å²) in [7, 11) is 0. The molecule has 0 heterocycles. The summed E-state index contributed by atoms with van der Waals surface area (Å²) in [5.41, 5.74) is 2.46. The van der Waals surface area contributed by atoms with Gasteiger partial charge in [-0.25, -0.2) is 0 Å². The van der Waals surface area contributed by atoms with Gasteiger partial charge in [-0.3, -0.25) is 0 Å². The maximum atomic E-state index is 12.7. The molecule has 122 valence electrons. The second-order valence-corrected chi connectivity index (χ2v) is 6.25. The summed E-state index contributed by atoms with van der Waals surface area (Å²) in [5, 5.41) is 1.16. The lowest BCUT2D eigenvalue weighted by Gasteiger charge is -2.11. The Balaban J connectivity index is 2.28. The molecule has 0 bridgehead atoms. The summed E-state index contributed by atoms with van der Waals surface area (Å²) in [6.07, 6.45) is -1.93. The van der Waals surface area contributed by atoms with E-state index in [4.69, 9.17) is 23.2 Å². The van der Waals surface area contributed by atoms with Crippen LogP contribution in [0, 0.1) is 6.92 Å². The van der Waals surface area contributed by atoms with Gasteiger partial charge in [0.1, 0.15) is 0 Å². The van der Waals surface area contributed by atoms with Crippen LogP contribution in [0.3, 0.4) is 0 Å². The molecule has 2 rings (SSSR count). The van der Waals surface area contributed by atoms with Gasteiger partial charge in [-0.2, -0.15) is 13.2 Å². The van der Waals surface area contributed by atoms with Crippen LogP contribution in [0.15, 0.2) is 42.0 Å². The molecular formula is C18H15Cl2F3. The molecule has 0 aliphatic rings. The number of hydrogen-bond acceptors (Lipinski definition) is 0. The van der Waals surface area contributed by atoms with E-state index >= 15 is 0 Å². The van der Waals surface area contributed by atoms with Crippen LogP contribution in [-0.2, 0) is 12.6 Å². The number of allylic oxidation sites excluding steroid dienone is 1. The van der Waals surface area contributed by atoms with Crippen molar-refractivity contribution in [2.24, 2.45) is 0 Å². The zero-order valence-electron chi connectivity index (χ0n) is 12.6. The average molecular weight is 359 g/mol. The smallest absolute Gasteiger partial charge is 0.166 e. The minimum atomic E-state index is -4.33. The summed E-state index contributed by atoms with van der Waals surface area (Å²) < 4.78 is 38.1. The fraction of sp³-hybridized carbons (Fsp3) is 0.222. The van der Waals surface area contributed by atoms with Crippen molar-refractivity contribution in [1.82, 2.24) is 0 Å². The number of benzene rings is 2. The largest absolute Gasteiger partial charge is 0.416 e. The molecule has 0 atom stereocenters. The predicted octanol–water partition coefficient (Wildman–Crippen LogP) is 6.97. The highest BCUT2D eigenvalue weighted by Crippen LogP contribution is 2.31. The van der Waals surface area contributed by atoms with Gasteiger partial charge in [-0.15, -0.1) is 0 Å². The average Bonchev–Trinajstić information content (AvgIpc) is 2.44. The molecule has 0 spiro atoms. The van der Waals surface area contributed by atoms with Gasteiger partial charge in [0.15, 0.2) is 0 Å². The summed E-state index contributed by atoms with van der Waals surface area (Å²) >= 11 is 12.3. The molecule has 0 radical (unpaired) electrons. The van der Waals surface area contributed by atoms with E-state index in [1.54, 1.807) is 25.1 Å². The van der Waals surface area contributed by atoms with Crippen LogP contribution in [0.5, 0.6) is 0 Å². The third kappa shape index (κ3) is 4.52. The van der Waals surface area contributed by atoms with Crippen molar-refractivity contribution < 1.29 is 13.2 Å². The summed E-state index contributed by atoms with van der Waals surface area (Å²) in [4.78, 5) is 0. The second kappa shape index (κ2) is 6.98. The van der Waals surface area contributed by atoms with Crippen molar-refractivity contribution in [3.8, 4) is 0 Å². The quantitative estimate of drug-likeness (QED) is 0.555. The van der Waals surface area contributed by atoms with Crippen molar-refractivity contribution in [2.75, 3.05) is 0 Å². The first-order valence-electron chi connectivity index (χ1n) is 6.96. The summed E-state index contributed by atoms with van der Waals surface area (Å²) in [6.45, 7) is 3.56. The maximum Gasteiger partial charge on any atom is 0.416 e. The molecule has 0 aromatic heterocycles. The van der Waals surface area contributed by atoms with E-state index in [9.17, 15) is 13.2 Å². The van der Waals surface area contributed by atoms with E-state index in [0.717, 1.165) is 28.8 Å². The monoisotopic (exact) mass is 358 g/mol. The first-order chi connectivity index (χ1) is 10.7. The van der Waals surface area contributed by atoms with Crippen LogP contribution in [0.25, 0.3) is 6.08 Å². The summed E-state index contributed by atoms with van der Waals surface area (Å²) in [5.74, 6) is 0. The molecule has 5 heteroatoms. The molecule has 2 aromatic carbocycles. The van der Waals surface area contributed by atoms with E-state index in [1.165, 1.54) is 6.07 Å². The summed E-state index contributed by atoms with van der Waals surface area (Å²) in [6, 6.07) is 9.03.